The molecular weight excluding hydrogens is 380 g/mol. The summed E-state index contributed by atoms with van der Waals surface area (Å²) in [5.74, 6) is 1.12. The minimum absolute atomic E-state index is 0.165. The highest BCUT2D eigenvalue weighted by Crippen LogP contribution is 2.39. The first-order valence-corrected chi connectivity index (χ1v) is 9.51. The van der Waals surface area contributed by atoms with Crippen molar-refractivity contribution in [1.29, 1.82) is 0 Å². The number of hydrogen-bond donors (Lipinski definition) is 0. The lowest BCUT2D eigenvalue weighted by Crippen LogP contribution is -2.12. The number of allylic oxidation sites excluding steroid dienone is 1. The molecule has 30 heavy (non-hydrogen) atoms. The second-order valence-electron chi connectivity index (χ2n) is 6.92. The summed E-state index contributed by atoms with van der Waals surface area (Å²) in [4.78, 5) is 25.1. The lowest BCUT2D eigenvalue weighted by molar-refractivity contribution is -0.133. The average molecular weight is 400 g/mol. The molecule has 0 radical (unpaired) electrons. The van der Waals surface area contributed by atoms with Gasteiger partial charge in [-0.3, -0.25) is 9.59 Å². The van der Waals surface area contributed by atoms with E-state index in [2.05, 4.69) is 0 Å². The number of ether oxygens (including phenoxy) is 3. The molecule has 5 nitrogen and oxygen atoms in total. The summed E-state index contributed by atoms with van der Waals surface area (Å²) < 4.78 is 16.6. The maximum atomic E-state index is 12.8. The van der Waals surface area contributed by atoms with Gasteiger partial charge in [0.15, 0.2) is 5.76 Å². The number of Topliss-reactive ketones (excluding diaryl/α,β-unsaturated/α-hetero) is 1. The number of carbonyl (C=O) groups is 2. The van der Waals surface area contributed by atoms with Gasteiger partial charge in [-0.15, -0.1) is 0 Å². The van der Waals surface area contributed by atoms with Crippen LogP contribution in [0.15, 0.2) is 72.5 Å². The molecule has 1 aliphatic heterocycles. The second-order valence-corrected chi connectivity index (χ2v) is 6.92. The third kappa shape index (κ3) is 3.96. The van der Waals surface area contributed by atoms with Crippen molar-refractivity contribution in [1.82, 2.24) is 0 Å². The van der Waals surface area contributed by atoms with Crippen LogP contribution in [0.5, 0.6) is 17.2 Å². The molecule has 5 heteroatoms. The van der Waals surface area contributed by atoms with Crippen molar-refractivity contribution in [2.45, 2.75) is 13.3 Å². The van der Waals surface area contributed by atoms with Crippen molar-refractivity contribution in [3.05, 3.63) is 94.7 Å². The molecule has 0 saturated carbocycles. The maximum absolute atomic E-state index is 12.8. The van der Waals surface area contributed by atoms with Crippen LogP contribution in [0, 0.1) is 6.92 Å². The van der Waals surface area contributed by atoms with E-state index < -0.39 is 0 Å². The molecule has 0 unspecified atom stereocenters. The van der Waals surface area contributed by atoms with Crippen LogP contribution in [0.25, 0.3) is 6.08 Å². The van der Waals surface area contributed by atoms with Crippen LogP contribution >= 0.6 is 0 Å². The topological polar surface area (TPSA) is 61.8 Å². The van der Waals surface area contributed by atoms with Gasteiger partial charge in [-0.1, -0.05) is 42.5 Å². The van der Waals surface area contributed by atoms with Crippen molar-refractivity contribution in [2.75, 3.05) is 7.11 Å². The number of esters is 1. The lowest BCUT2D eigenvalue weighted by atomic mass is 10.1. The standard InChI is InChI=1S/C25H20O5/c1-16-21(29-23(26)15-17-7-4-3-5-8-17)12-11-20-24(27)22(30-25(16)20)14-18-9-6-10-19(13-18)28-2/h3-14H,15H2,1-2H3/b22-14-. The summed E-state index contributed by atoms with van der Waals surface area (Å²) in [7, 11) is 1.59. The molecule has 3 aromatic rings. The Kier molecular flexibility index (Phi) is 5.35. The Bertz CT molecular complexity index is 1150. The number of methoxy groups -OCH3 is 1. The molecule has 1 heterocycles. The zero-order valence-electron chi connectivity index (χ0n) is 16.7. The molecule has 0 saturated heterocycles. The highest BCUT2D eigenvalue weighted by atomic mass is 16.5. The number of fused-ring (bicyclic) bond motifs is 1. The van der Waals surface area contributed by atoms with Gasteiger partial charge in [0.05, 0.1) is 19.1 Å². The normalized spacial score (nSPS) is 13.7. The summed E-state index contributed by atoms with van der Waals surface area (Å²) in [6, 6.07) is 20.0. The molecule has 0 aliphatic carbocycles. The van der Waals surface area contributed by atoms with Gasteiger partial charge in [-0.2, -0.15) is 0 Å². The fraction of sp³-hybridized carbons (Fsp3) is 0.120. The van der Waals surface area contributed by atoms with Crippen LogP contribution in [0.1, 0.15) is 27.0 Å². The molecule has 4 rings (SSSR count). The Morgan fingerprint density at radius 3 is 2.60 bits per heavy atom. The number of hydrogen-bond acceptors (Lipinski definition) is 5. The molecule has 0 aromatic heterocycles. The molecule has 0 amide bonds. The molecule has 150 valence electrons. The van der Waals surface area contributed by atoms with Crippen LogP contribution in [-0.4, -0.2) is 18.9 Å². The maximum Gasteiger partial charge on any atom is 0.315 e. The molecular formula is C25H20O5. The Morgan fingerprint density at radius 1 is 1.03 bits per heavy atom. The van der Waals surface area contributed by atoms with Crippen molar-refractivity contribution in [3.8, 4) is 17.2 Å². The summed E-state index contributed by atoms with van der Waals surface area (Å²) in [5.41, 5.74) is 2.72. The molecule has 0 atom stereocenters. The number of carbonyl (C=O) groups excluding carboxylic acids is 2. The lowest BCUT2D eigenvalue weighted by Gasteiger charge is -2.10. The first-order valence-electron chi connectivity index (χ1n) is 9.51. The van der Waals surface area contributed by atoms with E-state index in [0.717, 1.165) is 11.1 Å². The molecule has 0 N–H and O–H groups in total. The summed E-state index contributed by atoms with van der Waals surface area (Å²) in [5, 5.41) is 0. The summed E-state index contributed by atoms with van der Waals surface area (Å²) in [6.07, 6.45) is 1.84. The average Bonchev–Trinajstić information content (AvgIpc) is 3.07. The number of benzene rings is 3. The van der Waals surface area contributed by atoms with E-state index in [1.807, 2.05) is 54.6 Å². The predicted octanol–water partition coefficient (Wildman–Crippen LogP) is 4.77. The minimum atomic E-state index is -0.374. The molecule has 3 aromatic carbocycles. The number of rotatable bonds is 5. The van der Waals surface area contributed by atoms with Crippen molar-refractivity contribution in [2.24, 2.45) is 0 Å². The van der Waals surface area contributed by atoms with Crippen LogP contribution in [0.4, 0.5) is 0 Å². The van der Waals surface area contributed by atoms with E-state index in [0.29, 0.717) is 28.4 Å². The Morgan fingerprint density at radius 2 is 1.83 bits per heavy atom. The molecule has 0 fully saturated rings. The first-order chi connectivity index (χ1) is 14.5. The van der Waals surface area contributed by atoms with Gasteiger partial charge in [-0.25, -0.2) is 0 Å². The third-order valence-electron chi connectivity index (χ3n) is 4.84. The highest BCUT2D eigenvalue weighted by molar-refractivity contribution is 6.15. The zero-order chi connectivity index (χ0) is 21.1. The van der Waals surface area contributed by atoms with E-state index in [4.69, 9.17) is 14.2 Å². The second kappa shape index (κ2) is 8.25. The summed E-state index contributed by atoms with van der Waals surface area (Å²) in [6.45, 7) is 1.77. The van der Waals surface area contributed by atoms with Gasteiger partial charge >= 0.3 is 5.97 Å². The first kappa shape index (κ1) is 19.5. The minimum Gasteiger partial charge on any atom is -0.497 e. The fourth-order valence-corrected chi connectivity index (χ4v) is 3.28. The Labute approximate surface area is 174 Å². The van der Waals surface area contributed by atoms with Gasteiger partial charge in [0.25, 0.3) is 0 Å². The fourth-order valence-electron chi connectivity index (χ4n) is 3.28. The van der Waals surface area contributed by atoms with E-state index in [-0.39, 0.29) is 23.9 Å². The SMILES string of the molecule is COc1cccc(/C=C2\Oc3c(ccc(OC(=O)Cc4ccccc4)c3C)C2=O)c1. The third-order valence-corrected chi connectivity index (χ3v) is 4.84. The quantitative estimate of drug-likeness (QED) is 0.351. The highest BCUT2D eigenvalue weighted by Gasteiger charge is 2.30. The van der Waals surface area contributed by atoms with Gasteiger partial charge in [0.1, 0.15) is 17.2 Å². The van der Waals surface area contributed by atoms with Crippen LogP contribution in [0.3, 0.4) is 0 Å². The van der Waals surface area contributed by atoms with Crippen LogP contribution in [-0.2, 0) is 11.2 Å². The van der Waals surface area contributed by atoms with Gasteiger partial charge in [0.2, 0.25) is 5.78 Å². The van der Waals surface area contributed by atoms with Crippen molar-refractivity contribution >= 4 is 17.8 Å². The largest absolute Gasteiger partial charge is 0.497 e. The van der Waals surface area contributed by atoms with Crippen LogP contribution in [0.2, 0.25) is 0 Å². The van der Waals surface area contributed by atoms with Crippen molar-refractivity contribution in [3.63, 3.8) is 0 Å². The van der Waals surface area contributed by atoms with E-state index in [9.17, 15) is 9.59 Å². The predicted molar refractivity (Wildman–Crippen MR) is 113 cm³/mol. The zero-order valence-corrected chi connectivity index (χ0v) is 16.7. The van der Waals surface area contributed by atoms with Gasteiger partial charge < -0.3 is 14.2 Å². The van der Waals surface area contributed by atoms with E-state index >= 15 is 0 Å². The smallest absolute Gasteiger partial charge is 0.315 e. The number of ketones is 1. The Hall–Kier alpha value is -3.86. The van der Waals surface area contributed by atoms with Crippen molar-refractivity contribution < 1.29 is 23.8 Å². The molecule has 0 spiro atoms. The Balaban J connectivity index is 1.55. The van der Waals surface area contributed by atoms with Gasteiger partial charge in [-0.05, 0) is 48.4 Å². The molecule has 0 bridgehead atoms. The summed E-state index contributed by atoms with van der Waals surface area (Å²) >= 11 is 0. The van der Waals surface area contributed by atoms with E-state index in [1.165, 1.54) is 0 Å². The molecule has 1 aliphatic rings. The van der Waals surface area contributed by atoms with Gasteiger partial charge in [0, 0.05) is 5.56 Å². The van der Waals surface area contributed by atoms with Crippen LogP contribution < -0.4 is 14.2 Å². The monoisotopic (exact) mass is 400 g/mol. The van der Waals surface area contributed by atoms with E-state index in [1.54, 1.807) is 32.2 Å².